The molecular weight excluding hydrogens is 294 g/mol. The zero-order valence-corrected chi connectivity index (χ0v) is 12.1. The smallest absolute Gasteiger partial charge is 0.271 e. The Morgan fingerprint density at radius 1 is 1.04 bits per heavy atom. The summed E-state index contributed by atoms with van der Waals surface area (Å²) in [5.41, 5.74) is 1.13. The summed E-state index contributed by atoms with van der Waals surface area (Å²) in [5.74, 6) is -0.871. The Balaban J connectivity index is 2.04. The number of aromatic nitrogens is 2. The molecule has 1 aliphatic heterocycles. The van der Waals surface area contributed by atoms with Gasteiger partial charge in [-0.2, -0.15) is 4.98 Å². The number of ketones is 1. The van der Waals surface area contributed by atoms with Crippen LogP contribution in [-0.4, -0.2) is 26.0 Å². The van der Waals surface area contributed by atoms with Crippen LogP contribution in [0, 0.1) is 6.92 Å². The molecular formula is C17H11N3O3. The van der Waals surface area contributed by atoms with E-state index in [1.807, 2.05) is 0 Å². The Kier molecular flexibility index (Phi) is 2.68. The van der Waals surface area contributed by atoms with Crippen LogP contribution in [-0.2, 0) is 0 Å². The average molecular weight is 305 g/mol. The van der Waals surface area contributed by atoms with Crippen molar-refractivity contribution in [2.75, 3.05) is 0 Å². The number of carbonyl (C=O) groups is 1. The van der Waals surface area contributed by atoms with E-state index in [1.54, 1.807) is 49.4 Å². The molecule has 1 N–H and O–H groups in total. The summed E-state index contributed by atoms with van der Waals surface area (Å²) in [6, 6.07) is 11.9. The van der Waals surface area contributed by atoms with Crippen molar-refractivity contribution >= 4 is 22.8 Å². The minimum atomic E-state index is -0.509. The van der Waals surface area contributed by atoms with E-state index >= 15 is 0 Å². The van der Waals surface area contributed by atoms with Gasteiger partial charge in [0.2, 0.25) is 11.7 Å². The number of aliphatic imine (C=N–C) groups is 1. The first kappa shape index (κ1) is 13.4. The topological polar surface area (TPSA) is 84.0 Å². The number of hydrogen-bond acceptors (Lipinski definition) is 5. The Morgan fingerprint density at radius 2 is 1.83 bits per heavy atom. The molecule has 3 aromatic rings. The lowest BCUT2D eigenvalue weighted by Gasteiger charge is -2.08. The Labute approximate surface area is 130 Å². The number of para-hydroxylation sites is 1. The van der Waals surface area contributed by atoms with Crippen LogP contribution in [0.3, 0.4) is 0 Å². The fourth-order valence-corrected chi connectivity index (χ4v) is 2.77. The number of aryl methyl sites for hydroxylation is 1. The van der Waals surface area contributed by atoms with E-state index in [0.29, 0.717) is 22.6 Å². The van der Waals surface area contributed by atoms with Crippen molar-refractivity contribution in [2.45, 2.75) is 6.92 Å². The fraction of sp³-hybridized carbons (Fsp3) is 0.0588. The van der Waals surface area contributed by atoms with Crippen LogP contribution < -0.4 is 5.56 Å². The predicted molar refractivity (Wildman–Crippen MR) is 84.8 cm³/mol. The third-order valence-corrected chi connectivity index (χ3v) is 3.86. The van der Waals surface area contributed by atoms with Gasteiger partial charge in [-0.05, 0) is 31.2 Å². The molecule has 6 nitrogen and oxygen atoms in total. The van der Waals surface area contributed by atoms with Gasteiger partial charge >= 0.3 is 0 Å². The molecule has 3 heterocycles. The Morgan fingerprint density at radius 3 is 2.61 bits per heavy atom. The van der Waals surface area contributed by atoms with Gasteiger partial charge in [0.05, 0.1) is 5.69 Å². The summed E-state index contributed by atoms with van der Waals surface area (Å²) < 4.78 is 1.36. The molecule has 23 heavy (non-hydrogen) atoms. The first-order chi connectivity index (χ1) is 11.1. The average Bonchev–Trinajstić information content (AvgIpc) is 2.84. The molecule has 4 rings (SSSR count). The van der Waals surface area contributed by atoms with Gasteiger partial charge in [0.15, 0.2) is 0 Å². The SMILES string of the molecule is Cc1cccc2nc(O)c(C3=Nc4ccccc4C3=O)c(=O)n12. The van der Waals surface area contributed by atoms with Gasteiger partial charge in [0.1, 0.15) is 16.9 Å². The van der Waals surface area contributed by atoms with Crippen LogP contribution in [0.1, 0.15) is 21.6 Å². The number of carbonyl (C=O) groups excluding carboxylic acids is 1. The van der Waals surface area contributed by atoms with Gasteiger partial charge in [-0.3, -0.25) is 14.0 Å². The quantitative estimate of drug-likeness (QED) is 0.745. The van der Waals surface area contributed by atoms with Crippen molar-refractivity contribution in [3.05, 3.63) is 69.6 Å². The maximum atomic E-state index is 12.8. The van der Waals surface area contributed by atoms with E-state index in [1.165, 1.54) is 4.40 Å². The lowest BCUT2D eigenvalue weighted by molar-refractivity contribution is 0.106. The second-order valence-electron chi connectivity index (χ2n) is 5.28. The number of pyridine rings is 1. The summed E-state index contributed by atoms with van der Waals surface area (Å²) in [7, 11) is 0. The lowest BCUT2D eigenvalue weighted by Crippen LogP contribution is -2.27. The highest BCUT2D eigenvalue weighted by Crippen LogP contribution is 2.29. The molecule has 2 aromatic heterocycles. The molecule has 1 aliphatic rings. The fourth-order valence-electron chi connectivity index (χ4n) is 2.77. The molecule has 0 saturated carbocycles. The van der Waals surface area contributed by atoms with E-state index < -0.39 is 11.4 Å². The summed E-state index contributed by atoms with van der Waals surface area (Å²) in [5, 5.41) is 10.2. The highest BCUT2D eigenvalue weighted by molar-refractivity contribution is 6.55. The highest BCUT2D eigenvalue weighted by atomic mass is 16.3. The van der Waals surface area contributed by atoms with Crippen molar-refractivity contribution in [2.24, 2.45) is 4.99 Å². The zero-order valence-electron chi connectivity index (χ0n) is 12.1. The van der Waals surface area contributed by atoms with Gasteiger partial charge in [-0.15, -0.1) is 0 Å². The second-order valence-corrected chi connectivity index (χ2v) is 5.28. The predicted octanol–water partition coefficient (Wildman–Crippen LogP) is 2.03. The van der Waals surface area contributed by atoms with Gasteiger partial charge in [0, 0.05) is 11.3 Å². The van der Waals surface area contributed by atoms with Gasteiger partial charge < -0.3 is 5.11 Å². The first-order valence-electron chi connectivity index (χ1n) is 7.02. The lowest BCUT2D eigenvalue weighted by atomic mass is 10.0. The van der Waals surface area contributed by atoms with Crippen molar-refractivity contribution in [1.82, 2.24) is 9.38 Å². The summed E-state index contributed by atoms with van der Waals surface area (Å²) in [4.78, 5) is 33.5. The highest BCUT2D eigenvalue weighted by Gasteiger charge is 2.30. The van der Waals surface area contributed by atoms with Crippen molar-refractivity contribution in [3.8, 4) is 5.88 Å². The molecule has 0 fully saturated rings. The second kappa shape index (κ2) is 4.61. The van der Waals surface area contributed by atoms with Crippen LogP contribution in [0.4, 0.5) is 5.69 Å². The molecule has 0 atom stereocenters. The molecule has 1 aromatic carbocycles. The number of benzene rings is 1. The number of aromatic hydroxyl groups is 1. The molecule has 112 valence electrons. The number of nitrogens with zero attached hydrogens (tertiary/aromatic N) is 3. The van der Waals surface area contributed by atoms with E-state index in [4.69, 9.17) is 0 Å². The standard InChI is InChI=1S/C17H11N3O3/c1-9-5-4-8-12-19-16(22)13(17(23)20(9)12)14-15(21)10-6-2-3-7-11(10)18-14/h2-8,22H,1H3. The molecule has 0 unspecified atom stereocenters. The number of Topliss-reactive ketones (excluding diaryl/α,β-unsaturated/α-hetero) is 1. The largest absolute Gasteiger partial charge is 0.493 e. The van der Waals surface area contributed by atoms with Crippen molar-refractivity contribution in [1.29, 1.82) is 0 Å². The number of rotatable bonds is 1. The number of fused-ring (bicyclic) bond motifs is 2. The molecule has 0 bridgehead atoms. The van der Waals surface area contributed by atoms with Crippen LogP contribution >= 0.6 is 0 Å². The van der Waals surface area contributed by atoms with Gasteiger partial charge in [-0.25, -0.2) is 4.99 Å². The third kappa shape index (κ3) is 1.81. The van der Waals surface area contributed by atoms with Crippen molar-refractivity contribution in [3.63, 3.8) is 0 Å². The van der Waals surface area contributed by atoms with Gasteiger partial charge in [0.25, 0.3) is 5.56 Å². The zero-order chi connectivity index (χ0) is 16.1. The third-order valence-electron chi connectivity index (χ3n) is 3.86. The van der Waals surface area contributed by atoms with Crippen molar-refractivity contribution < 1.29 is 9.90 Å². The molecule has 0 saturated heterocycles. The maximum Gasteiger partial charge on any atom is 0.271 e. The minimum Gasteiger partial charge on any atom is -0.493 e. The van der Waals surface area contributed by atoms with Crippen LogP contribution in [0.5, 0.6) is 5.88 Å². The van der Waals surface area contributed by atoms with E-state index in [0.717, 1.165) is 0 Å². The van der Waals surface area contributed by atoms with Crippen LogP contribution in [0.25, 0.3) is 5.65 Å². The van der Waals surface area contributed by atoms with Gasteiger partial charge in [-0.1, -0.05) is 18.2 Å². The maximum absolute atomic E-state index is 12.8. The molecule has 0 amide bonds. The van der Waals surface area contributed by atoms with E-state index in [9.17, 15) is 14.7 Å². The molecule has 0 radical (unpaired) electrons. The summed E-state index contributed by atoms with van der Waals surface area (Å²) >= 11 is 0. The summed E-state index contributed by atoms with van der Waals surface area (Å²) in [6.07, 6.45) is 0. The summed E-state index contributed by atoms with van der Waals surface area (Å²) in [6.45, 7) is 1.75. The molecule has 6 heteroatoms. The van der Waals surface area contributed by atoms with E-state index in [-0.39, 0.29) is 17.1 Å². The van der Waals surface area contributed by atoms with E-state index in [2.05, 4.69) is 9.98 Å². The first-order valence-corrected chi connectivity index (χ1v) is 7.02. The van der Waals surface area contributed by atoms with Crippen LogP contribution in [0.2, 0.25) is 0 Å². The normalized spacial score (nSPS) is 13.3. The van der Waals surface area contributed by atoms with Crippen LogP contribution in [0.15, 0.2) is 52.3 Å². The molecule has 0 spiro atoms. The number of hydrogen-bond donors (Lipinski definition) is 1. The minimum absolute atomic E-state index is 0.0705. The Hall–Kier alpha value is -3.28. The molecule has 0 aliphatic carbocycles. The Bertz CT molecular complexity index is 1080. The monoisotopic (exact) mass is 305 g/mol.